The lowest BCUT2D eigenvalue weighted by molar-refractivity contribution is -0.141. The summed E-state index contributed by atoms with van der Waals surface area (Å²) in [6.07, 6.45) is 1.91. The summed E-state index contributed by atoms with van der Waals surface area (Å²) in [5.74, 6) is -0.187. The zero-order valence-electron chi connectivity index (χ0n) is 24.5. The standard InChI is InChI=1S/C31H39N5O5S/c1-18(2)28(26-14-27(34-41-26)35-11-9-21(16-37)10-12-35)31(40)36-15-24(38)13-25(36)30(39)33-19(3)22-5-7-23(8-6-22)29-20(4)32-17-42-29/h5-8,14,16-19,21,24-25,28,38H,9-13,15H2,1-4H3,(H,33,39)/t19-,24+,25-,28-/m0/s1. The lowest BCUT2D eigenvalue weighted by Crippen LogP contribution is -2.48. The highest BCUT2D eigenvalue weighted by Gasteiger charge is 2.43. The van der Waals surface area contributed by atoms with Gasteiger partial charge in [0.25, 0.3) is 0 Å². The van der Waals surface area contributed by atoms with E-state index in [1.165, 1.54) is 4.90 Å². The number of hydrogen-bond donors (Lipinski definition) is 2. The topological polar surface area (TPSA) is 129 Å². The van der Waals surface area contributed by atoms with Crippen LogP contribution in [0.25, 0.3) is 10.4 Å². The second kappa shape index (κ2) is 12.7. The van der Waals surface area contributed by atoms with Crippen LogP contribution in [0.15, 0.2) is 40.4 Å². The predicted octanol–water partition coefficient (Wildman–Crippen LogP) is 4.10. The molecule has 0 radical (unpaired) electrons. The van der Waals surface area contributed by atoms with Crippen molar-refractivity contribution in [2.75, 3.05) is 24.5 Å². The van der Waals surface area contributed by atoms with Crippen molar-refractivity contribution in [2.24, 2.45) is 11.8 Å². The van der Waals surface area contributed by atoms with Crippen molar-refractivity contribution in [3.8, 4) is 10.4 Å². The maximum Gasteiger partial charge on any atom is 0.243 e. The number of nitrogens with zero attached hydrogens (tertiary/aromatic N) is 4. The molecular weight excluding hydrogens is 554 g/mol. The van der Waals surface area contributed by atoms with Crippen LogP contribution in [0, 0.1) is 18.8 Å². The Bertz CT molecular complexity index is 1390. The minimum Gasteiger partial charge on any atom is -0.391 e. The second-order valence-electron chi connectivity index (χ2n) is 11.8. The maximum absolute atomic E-state index is 13.9. The van der Waals surface area contributed by atoms with Crippen molar-refractivity contribution in [2.45, 2.75) is 71.1 Å². The van der Waals surface area contributed by atoms with Gasteiger partial charge >= 0.3 is 0 Å². The fourth-order valence-electron chi connectivity index (χ4n) is 5.95. The number of anilines is 1. The van der Waals surface area contributed by atoms with Crippen LogP contribution in [0.4, 0.5) is 5.82 Å². The van der Waals surface area contributed by atoms with Crippen LogP contribution in [-0.2, 0) is 14.4 Å². The molecule has 0 aliphatic carbocycles. The number of benzene rings is 1. The number of thiazole rings is 1. The van der Waals surface area contributed by atoms with Crippen LogP contribution in [0.2, 0.25) is 0 Å². The van der Waals surface area contributed by atoms with Crippen molar-refractivity contribution >= 4 is 35.3 Å². The summed E-state index contributed by atoms with van der Waals surface area (Å²) in [4.78, 5) is 47.5. The molecule has 2 N–H and O–H groups in total. The number of β-amino-alcohol motifs (C(OH)–C–C–N with tert-alkyl or cyclic N) is 1. The number of carbonyl (C=O) groups is 3. The number of piperidine rings is 1. The Hall–Kier alpha value is -3.57. The number of likely N-dealkylation sites (tertiary alicyclic amines) is 1. The second-order valence-corrected chi connectivity index (χ2v) is 12.6. The van der Waals surface area contributed by atoms with Crippen LogP contribution < -0.4 is 10.2 Å². The number of aliphatic hydroxyl groups is 1. The first-order chi connectivity index (χ1) is 20.2. The molecule has 2 aromatic heterocycles. The van der Waals surface area contributed by atoms with E-state index in [0.717, 1.165) is 40.8 Å². The molecule has 1 aromatic carbocycles. The summed E-state index contributed by atoms with van der Waals surface area (Å²) in [6, 6.07) is 8.75. The van der Waals surface area contributed by atoms with Crippen LogP contribution in [0.1, 0.15) is 69.0 Å². The zero-order chi connectivity index (χ0) is 30.0. The monoisotopic (exact) mass is 593 g/mol. The highest BCUT2D eigenvalue weighted by Crippen LogP contribution is 2.34. The number of carbonyl (C=O) groups excluding carboxylic acids is 3. The van der Waals surface area contributed by atoms with E-state index in [-0.39, 0.29) is 42.7 Å². The number of aryl methyl sites for hydroxylation is 1. The summed E-state index contributed by atoms with van der Waals surface area (Å²) in [7, 11) is 0. The van der Waals surface area contributed by atoms with E-state index in [4.69, 9.17) is 4.52 Å². The Morgan fingerprint density at radius 3 is 2.50 bits per heavy atom. The lowest BCUT2D eigenvalue weighted by Gasteiger charge is -2.30. The molecule has 2 amide bonds. The largest absolute Gasteiger partial charge is 0.391 e. The first kappa shape index (κ1) is 29.9. The minimum absolute atomic E-state index is 0.0670. The van der Waals surface area contributed by atoms with Crippen LogP contribution in [-0.4, -0.2) is 70.0 Å². The molecule has 3 aromatic rings. The molecule has 0 bridgehead atoms. The fraction of sp³-hybridized carbons (Fsp3) is 0.516. The minimum atomic E-state index is -0.792. The highest BCUT2D eigenvalue weighted by atomic mass is 32.1. The van der Waals surface area contributed by atoms with Gasteiger partial charge in [-0.15, -0.1) is 11.3 Å². The quantitative estimate of drug-likeness (QED) is 0.355. The molecular formula is C31H39N5O5S. The summed E-state index contributed by atoms with van der Waals surface area (Å²) in [5, 5.41) is 17.8. The molecule has 4 heterocycles. The van der Waals surface area contributed by atoms with Gasteiger partial charge in [0.15, 0.2) is 11.6 Å². The van der Waals surface area contributed by atoms with Gasteiger partial charge in [-0.25, -0.2) is 4.98 Å². The van der Waals surface area contributed by atoms with Gasteiger partial charge in [0, 0.05) is 38.0 Å². The van der Waals surface area contributed by atoms with E-state index < -0.39 is 18.1 Å². The van der Waals surface area contributed by atoms with Crippen molar-refractivity contribution < 1.29 is 24.0 Å². The smallest absolute Gasteiger partial charge is 0.243 e. The third-order valence-corrected chi connectivity index (χ3v) is 9.43. The third kappa shape index (κ3) is 6.27. The summed E-state index contributed by atoms with van der Waals surface area (Å²) < 4.78 is 5.69. The molecule has 2 saturated heterocycles. The molecule has 2 fully saturated rings. The van der Waals surface area contributed by atoms with E-state index in [2.05, 4.69) is 20.4 Å². The predicted molar refractivity (Wildman–Crippen MR) is 160 cm³/mol. The van der Waals surface area contributed by atoms with Gasteiger partial charge in [0.2, 0.25) is 11.8 Å². The van der Waals surface area contributed by atoms with Gasteiger partial charge in [0.05, 0.1) is 28.2 Å². The van der Waals surface area contributed by atoms with Crippen molar-refractivity contribution in [1.29, 1.82) is 0 Å². The summed E-state index contributed by atoms with van der Waals surface area (Å²) in [6.45, 7) is 9.23. The number of amides is 2. The van der Waals surface area contributed by atoms with Gasteiger partial charge < -0.3 is 29.5 Å². The molecule has 2 aliphatic rings. The molecule has 42 heavy (non-hydrogen) atoms. The number of aldehydes is 1. The van der Waals surface area contributed by atoms with E-state index in [9.17, 15) is 19.5 Å². The van der Waals surface area contributed by atoms with Gasteiger partial charge in [-0.1, -0.05) is 43.3 Å². The molecule has 11 heteroatoms. The lowest BCUT2D eigenvalue weighted by atomic mass is 9.91. The van der Waals surface area contributed by atoms with Gasteiger partial charge in [-0.05, 0) is 43.7 Å². The Kier molecular flexibility index (Phi) is 9.08. The molecule has 0 spiro atoms. The van der Waals surface area contributed by atoms with Crippen LogP contribution in [0.3, 0.4) is 0 Å². The molecule has 0 unspecified atom stereocenters. The van der Waals surface area contributed by atoms with E-state index in [0.29, 0.717) is 24.7 Å². The van der Waals surface area contributed by atoms with E-state index >= 15 is 0 Å². The normalized spacial score (nSPS) is 21.0. The zero-order valence-corrected chi connectivity index (χ0v) is 25.3. The summed E-state index contributed by atoms with van der Waals surface area (Å²) in [5.41, 5.74) is 4.83. The Labute approximate surface area is 250 Å². The van der Waals surface area contributed by atoms with Crippen molar-refractivity contribution in [3.05, 3.63) is 52.9 Å². The van der Waals surface area contributed by atoms with Gasteiger partial charge in [0.1, 0.15) is 18.2 Å². The van der Waals surface area contributed by atoms with Crippen LogP contribution >= 0.6 is 11.3 Å². The Morgan fingerprint density at radius 2 is 1.88 bits per heavy atom. The maximum atomic E-state index is 13.9. The number of nitrogens with one attached hydrogen (secondary N) is 1. The first-order valence-corrected chi connectivity index (χ1v) is 15.5. The third-order valence-electron chi connectivity index (χ3n) is 8.45. The number of aliphatic hydroxyl groups excluding tert-OH is 1. The molecule has 4 atom stereocenters. The number of rotatable bonds is 9. The highest BCUT2D eigenvalue weighted by molar-refractivity contribution is 7.13. The van der Waals surface area contributed by atoms with Crippen LogP contribution in [0.5, 0.6) is 0 Å². The molecule has 224 valence electrons. The Morgan fingerprint density at radius 1 is 1.17 bits per heavy atom. The first-order valence-electron chi connectivity index (χ1n) is 14.6. The molecule has 10 nitrogen and oxygen atoms in total. The molecule has 0 saturated carbocycles. The van der Waals surface area contributed by atoms with E-state index in [1.807, 2.05) is 57.5 Å². The average Bonchev–Trinajstić information content (AvgIpc) is 3.73. The molecule has 5 rings (SSSR count). The number of aromatic nitrogens is 2. The number of hydrogen-bond acceptors (Lipinski definition) is 9. The average molecular weight is 594 g/mol. The van der Waals surface area contributed by atoms with Gasteiger partial charge in [-0.3, -0.25) is 9.59 Å². The summed E-state index contributed by atoms with van der Waals surface area (Å²) >= 11 is 1.59. The van der Waals surface area contributed by atoms with Crippen molar-refractivity contribution in [1.82, 2.24) is 20.4 Å². The Balaban J connectivity index is 1.27. The molecule has 2 aliphatic heterocycles. The SMILES string of the molecule is Cc1ncsc1-c1ccc([C@H](C)NC(=O)[C@@H]2C[C@@H](O)CN2C(=O)[C@H](c2cc(N3CCC(C=O)CC3)no2)C(C)C)cc1. The fourth-order valence-corrected chi connectivity index (χ4v) is 6.77. The van der Waals surface area contributed by atoms with Gasteiger partial charge in [-0.2, -0.15) is 0 Å². The van der Waals surface area contributed by atoms with E-state index in [1.54, 1.807) is 17.4 Å². The van der Waals surface area contributed by atoms with Crippen molar-refractivity contribution in [3.63, 3.8) is 0 Å².